The molecule has 0 unspecified atom stereocenters. The Morgan fingerprint density at radius 3 is 2.92 bits per heavy atom. The van der Waals surface area contributed by atoms with Gasteiger partial charge in [-0.1, -0.05) is 0 Å². The second-order valence-electron chi connectivity index (χ2n) is 2.61. The number of phenolic OH excluding ortho intramolecular Hbond substituents is 1. The van der Waals surface area contributed by atoms with Crippen molar-refractivity contribution in [3.8, 4) is 11.5 Å². The van der Waals surface area contributed by atoms with Gasteiger partial charge < -0.3 is 9.84 Å². The topological polar surface area (TPSA) is 29.5 Å². The van der Waals surface area contributed by atoms with Crippen LogP contribution in [0.1, 0.15) is 0 Å². The van der Waals surface area contributed by atoms with Crippen molar-refractivity contribution >= 4 is 21.4 Å². The number of rotatable bonds is 1. The number of benzene rings is 1. The van der Waals surface area contributed by atoms with Crippen molar-refractivity contribution in [1.29, 1.82) is 0 Å². The van der Waals surface area contributed by atoms with Gasteiger partial charge in [0, 0.05) is 16.8 Å². The Labute approximate surface area is 78.2 Å². The van der Waals surface area contributed by atoms with Crippen LogP contribution in [0, 0.1) is 5.82 Å². The number of aromatic hydroxyl groups is 1. The summed E-state index contributed by atoms with van der Waals surface area (Å²) in [7, 11) is 1.49. The molecule has 2 nitrogen and oxygen atoms in total. The van der Waals surface area contributed by atoms with E-state index >= 15 is 0 Å². The van der Waals surface area contributed by atoms with Crippen LogP contribution in [-0.4, -0.2) is 12.2 Å². The van der Waals surface area contributed by atoms with Gasteiger partial charge in [0.25, 0.3) is 0 Å². The predicted molar refractivity (Wildman–Crippen MR) is 50.0 cm³/mol. The summed E-state index contributed by atoms with van der Waals surface area (Å²) in [6.07, 6.45) is 0. The van der Waals surface area contributed by atoms with Crippen LogP contribution in [-0.2, 0) is 0 Å². The molecule has 0 atom stereocenters. The van der Waals surface area contributed by atoms with Crippen LogP contribution in [0.2, 0.25) is 0 Å². The first-order chi connectivity index (χ1) is 6.22. The fourth-order valence-corrected chi connectivity index (χ4v) is 2.10. The van der Waals surface area contributed by atoms with Gasteiger partial charge in [0.2, 0.25) is 0 Å². The molecule has 0 bridgehead atoms. The number of hydrogen-bond donors (Lipinski definition) is 1. The van der Waals surface area contributed by atoms with E-state index in [2.05, 4.69) is 0 Å². The molecule has 0 saturated heterocycles. The van der Waals surface area contributed by atoms with Crippen molar-refractivity contribution in [3.05, 3.63) is 23.3 Å². The van der Waals surface area contributed by atoms with Gasteiger partial charge in [-0.2, -0.15) is 0 Å². The summed E-state index contributed by atoms with van der Waals surface area (Å²) >= 11 is 1.26. The third-order valence-corrected chi connectivity index (χ3v) is 2.78. The summed E-state index contributed by atoms with van der Waals surface area (Å²) in [5.41, 5.74) is 0. The molecule has 1 N–H and O–H groups in total. The molecule has 2 rings (SSSR count). The lowest BCUT2D eigenvalue weighted by atomic mass is 10.2. The highest BCUT2D eigenvalue weighted by atomic mass is 32.1. The Kier molecular flexibility index (Phi) is 1.84. The smallest absolute Gasteiger partial charge is 0.142 e. The normalized spacial score (nSPS) is 10.6. The van der Waals surface area contributed by atoms with Crippen molar-refractivity contribution < 1.29 is 14.2 Å². The van der Waals surface area contributed by atoms with Crippen molar-refractivity contribution in [2.45, 2.75) is 0 Å². The molecular weight excluding hydrogens is 191 g/mol. The molecule has 0 aliphatic carbocycles. The van der Waals surface area contributed by atoms with Crippen molar-refractivity contribution in [2.75, 3.05) is 7.11 Å². The van der Waals surface area contributed by atoms with Crippen LogP contribution < -0.4 is 4.74 Å². The summed E-state index contributed by atoms with van der Waals surface area (Å²) < 4.78 is 18.8. The molecule has 1 aromatic carbocycles. The molecule has 68 valence electrons. The molecule has 0 aliphatic rings. The largest absolute Gasteiger partial charge is 0.508 e. The summed E-state index contributed by atoms with van der Waals surface area (Å²) in [4.78, 5) is 0. The summed E-state index contributed by atoms with van der Waals surface area (Å²) in [6.45, 7) is 0. The molecule has 1 aromatic heterocycles. The fourth-order valence-electron chi connectivity index (χ4n) is 1.21. The molecule has 0 fully saturated rings. The number of ether oxygens (including phenoxy) is 1. The van der Waals surface area contributed by atoms with Crippen molar-refractivity contribution in [3.63, 3.8) is 0 Å². The maximum absolute atomic E-state index is 13.1. The molecule has 2 aromatic rings. The van der Waals surface area contributed by atoms with E-state index in [1.54, 1.807) is 0 Å². The Bertz CT molecular complexity index is 450. The Morgan fingerprint density at radius 1 is 1.46 bits per heavy atom. The number of halogens is 1. The van der Waals surface area contributed by atoms with Gasteiger partial charge in [0.05, 0.1) is 11.8 Å². The number of fused-ring (bicyclic) bond motifs is 1. The number of phenols is 1. The van der Waals surface area contributed by atoms with Gasteiger partial charge in [-0.3, -0.25) is 0 Å². The third-order valence-electron chi connectivity index (χ3n) is 1.80. The number of thiophene rings is 1. The van der Waals surface area contributed by atoms with E-state index in [1.807, 2.05) is 0 Å². The molecule has 13 heavy (non-hydrogen) atoms. The molecule has 1 heterocycles. The SMILES string of the molecule is COc1cc(O)cc2c(F)csc12. The van der Waals surface area contributed by atoms with Crippen LogP contribution in [0.25, 0.3) is 10.1 Å². The van der Waals surface area contributed by atoms with E-state index in [1.165, 1.54) is 36.0 Å². The zero-order valence-corrected chi connectivity index (χ0v) is 7.69. The fraction of sp³-hybridized carbons (Fsp3) is 0.111. The molecular formula is C9H7FO2S. The van der Waals surface area contributed by atoms with E-state index in [0.717, 1.165) is 4.70 Å². The molecule has 0 spiro atoms. The monoisotopic (exact) mass is 198 g/mol. The predicted octanol–water partition coefficient (Wildman–Crippen LogP) is 2.75. The molecule has 0 saturated carbocycles. The van der Waals surface area contributed by atoms with Crippen molar-refractivity contribution in [1.82, 2.24) is 0 Å². The Hall–Kier alpha value is -1.29. The Morgan fingerprint density at radius 2 is 2.23 bits per heavy atom. The van der Waals surface area contributed by atoms with E-state index in [-0.39, 0.29) is 11.6 Å². The minimum Gasteiger partial charge on any atom is -0.508 e. The second-order valence-corrected chi connectivity index (χ2v) is 3.49. The van der Waals surface area contributed by atoms with E-state index < -0.39 is 0 Å². The first-order valence-corrected chi connectivity index (χ1v) is 4.54. The Balaban J connectivity index is 2.84. The first-order valence-electron chi connectivity index (χ1n) is 3.66. The minimum absolute atomic E-state index is 0.0154. The van der Waals surface area contributed by atoms with Gasteiger partial charge in [-0.25, -0.2) is 4.39 Å². The minimum atomic E-state index is -0.325. The van der Waals surface area contributed by atoms with E-state index in [9.17, 15) is 9.50 Å². The third kappa shape index (κ3) is 1.23. The van der Waals surface area contributed by atoms with Crippen LogP contribution in [0.15, 0.2) is 17.5 Å². The van der Waals surface area contributed by atoms with Gasteiger partial charge in [-0.15, -0.1) is 11.3 Å². The molecule has 0 radical (unpaired) electrons. The summed E-state index contributed by atoms with van der Waals surface area (Å²) in [5.74, 6) is 0.194. The lowest BCUT2D eigenvalue weighted by molar-refractivity contribution is 0.413. The highest BCUT2D eigenvalue weighted by Gasteiger charge is 2.09. The van der Waals surface area contributed by atoms with Crippen LogP contribution in [0.3, 0.4) is 0 Å². The average molecular weight is 198 g/mol. The second kappa shape index (κ2) is 2.88. The molecule has 0 amide bonds. The van der Waals surface area contributed by atoms with Gasteiger partial charge in [0.15, 0.2) is 0 Å². The van der Waals surface area contributed by atoms with E-state index in [0.29, 0.717) is 11.1 Å². The van der Waals surface area contributed by atoms with Gasteiger partial charge in [-0.05, 0) is 6.07 Å². The van der Waals surface area contributed by atoms with E-state index in [4.69, 9.17) is 4.74 Å². The average Bonchev–Trinajstić information content (AvgIpc) is 2.47. The van der Waals surface area contributed by atoms with Crippen LogP contribution in [0.5, 0.6) is 11.5 Å². The first kappa shape index (κ1) is 8.31. The van der Waals surface area contributed by atoms with Crippen LogP contribution in [0.4, 0.5) is 4.39 Å². The maximum Gasteiger partial charge on any atom is 0.142 e. The lowest BCUT2D eigenvalue weighted by Crippen LogP contribution is -1.82. The number of hydrogen-bond acceptors (Lipinski definition) is 3. The van der Waals surface area contributed by atoms with Crippen LogP contribution >= 0.6 is 11.3 Å². The summed E-state index contributed by atoms with van der Waals surface area (Å²) in [6, 6.07) is 2.86. The highest BCUT2D eigenvalue weighted by molar-refractivity contribution is 7.17. The molecule has 4 heteroatoms. The maximum atomic E-state index is 13.1. The number of methoxy groups -OCH3 is 1. The lowest BCUT2D eigenvalue weighted by Gasteiger charge is -2.01. The molecule has 0 aliphatic heterocycles. The summed E-state index contributed by atoms with van der Waals surface area (Å²) in [5, 5.41) is 11.0. The van der Waals surface area contributed by atoms with Gasteiger partial charge in [0.1, 0.15) is 17.3 Å². The quantitative estimate of drug-likeness (QED) is 0.763. The van der Waals surface area contributed by atoms with Crippen molar-refractivity contribution in [2.24, 2.45) is 0 Å². The zero-order valence-electron chi connectivity index (χ0n) is 6.87. The van der Waals surface area contributed by atoms with Gasteiger partial charge >= 0.3 is 0 Å². The highest BCUT2D eigenvalue weighted by Crippen LogP contribution is 2.36. The standard InChI is InChI=1S/C9H7FO2S/c1-12-8-3-5(11)2-6-7(10)4-13-9(6)8/h2-4,11H,1H3. The zero-order chi connectivity index (χ0) is 9.42.